The molecule has 7 N–H and O–H groups in total. The molecule has 0 spiro atoms. The van der Waals surface area contributed by atoms with Crippen LogP contribution in [0.5, 0.6) is 0 Å². The Hall–Kier alpha value is -1.77. The van der Waals surface area contributed by atoms with E-state index >= 15 is 0 Å². The highest BCUT2D eigenvalue weighted by Gasteiger charge is 2.31. The summed E-state index contributed by atoms with van der Waals surface area (Å²) in [5.74, 6) is -0.896. The number of esters is 1. The summed E-state index contributed by atoms with van der Waals surface area (Å²) < 4.78 is 18.0. The second-order valence-corrected chi connectivity index (χ2v) is 10.8. The Bertz CT molecular complexity index is 748. The Kier molecular flexibility index (Phi) is 14.2. The summed E-state index contributed by atoms with van der Waals surface area (Å²) in [6.07, 6.45) is 3.10. The monoisotopic (exact) mass is 484 g/mol. The summed E-state index contributed by atoms with van der Waals surface area (Å²) in [4.78, 5) is 36.2. The molecule has 1 amide bonds. The maximum absolute atomic E-state index is 13.2. The van der Waals surface area contributed by atoms with Crippen molar-refractivity contribution in [3.63, 3.8) is 0 Å². The average Bonchev–Trinajstić information content (AvgIpc) is 2.76. The SMILES string of the molecule is CC(C)C[C@H](NC(=O)[C@H](Cc1ccccc1)NP(=O)(O)CCCCN)C(=O)OCCCCN. The van der Waals surface area contributed by atoms with E-state index in [9.17, 15) is 19.0 Å². The first-order chi connectivity index (χ1) is 15.7. The Balaban J connectivity index is 2.94. The predicted molar refractivity (Wildman–Crippen MR) is 131 cm³/mol. The Labute approximate surface area is 197 Å². The molecular formula is C23H41N4O5P. The van der Waals surface area contributed by atoms with Crippen LogP contribution in [-0.2, 0) is 25.3 Å². The number of carbonyl (C=O) groups excluding carboxylic acids is 2. The fourth-order valence-corrected chi connectivity index (χ4v) is 4.78. The number of hydrogen-bond donors (Lipinski definition) is 5. The van der Waals surface area contributed by atoms with Crippen molar-refractivity contribution in [2.24, 2.45) is 17.4 Å². The summed E-state index contributed by atoms with van der Waals surface area (Å²) in [5.41, 5.74) is 11.8. The molecule has 0 aliphatic carbocycles. The van der Waals surface area contributed by atoms with E-state index in [1.165, 1.54) is 0 Å². The molecule has 1 aromatic rings. The number of unbranched alkanes of at least 4 members (excludes halogenated alkanes) is 2. The maximum atomic E-state index is 13.2. The first-order valence-corrected chi connectivity index (χ1v) is 13.5. The number of nitrogens with two attached hydrogens (primary N) is 2. The Morgan fingerprint density at radius 3 is 2.27 bits per heavy atom. The molecule has 0 bridgehead atoms. The summed E-state index contributed by atoms with van der Waals surface area (Å²) in [7, 11) is -3.78. The van der Waals surface area contributed by atoms with Gasteiger partial charge in [0.2, 0.25) is 5.91 Å². The van der Waals surface area contributed by atoms with Crippen LogP contribution in [0.2, 0.25) is 0 Å². The number of benzene rings is 1. The van der Waals surface area contributed by atoms with Crippen LogP contribution in [0.25, 0.3) is 0 Å². The van der Waals surface area contributed by atoms with Gasteiger partial charge in [-0.3, -0.25) is 9.36 Å². The highest BCUT2D eigenvalue weighted by Crippen LogP contribution is 2.37. The van der Waals surface area contributed by atoms with Crippen LogP contribution in [0.3, 0.4) is 0 Å². The normalized spacial score (nSPS) is 15.0. The second kappa shape index (κ2) is 16.0. The van der Waals surface area contributed by atoms with Gasteiger partial charge in [0.15, 0.2) is 0 Å². The summed E-state index contributed by atoms with van der Waals surface area (Å²) >= 11 is 0. The molecule has 33 heavy (non-hydrogen) atoms. The fraction of sp³-hybridized carbons (Fsp3) is 0.652. The van der Waals surface area contributed by atoms with Crippen molar-refractivity contribution < 1.29 is 23.8 Å². The molecular weight excluding hydrogens is 443 g/mol. The highest BCUT2D eigenvalue weighted by atomic mass is 31.2. The van der Waals surface area contributed by atoms with Crippen LogP contribution in [0, 0.1) is 5.92 Å². The van der Waals surface area contributed by atoms with Crippen molar-refractivity contribution in [2.75, 3.05) is 25.9 Å². The quantitative estimate of drug-likeness (QED) is 0.128. The van der Waals surface area contributed by atoms with Gasteiger partial charge in [-0.2, -0.15) is 0 Å². The molecule has 0 saturated carbocycles. The van der Waals surface area contributed by atoms with E-state index in [1.807, 2.05) is 44.2 Å². The Morgan fingerprint density at radius 1 is 1.03 bits per heavy atom. The largest absolute Gasteiger partial charge is 0.464 e. The highest BCUT2D eigenvalue weighted by molar-refractivity contribution is 7.55. The average molecular weight is 485 g/mol. The van der Waals surface area contributed by atoms with Crippen molar-refractivity contribution in [1.29, 1.82) is 0 Å². The lowest BCUT2D eigenvalue weighted by molar-refractivity contribution is -0.148. The lowest BCUT2D eigenvalue weighted by Gasteiger charge is -2.25. The number of amides is 1. The van der Waals surface area contributed by atoms with Crippen LogP contribution >= 0.6 is 7.52 Å². The molecule has 0 aromatic heterocycles. The molecule has 0 aliphatic rings. The number of rotatable bonds is 17. The van der Waals surface area contributed by atoms with Crippen molar-refractivity contribution in [3.05, 3.63) is 35.9 Å². The van der Waals surface area contributed by atoms with E-state index in [2.05, 4.69) is 10.4 Å². The molecule has 1 rings (SSSR count). The first-order valence-electron chi connectivity index (χ1n) is 11.7. The van der Waals surface area contributed by atoms with Crippen molar-refractivity contribution in [1.82, 2.24) is 10.4 Å². The zero-order valence-electron chi connectivity index (χ0n) is 19.9. The smallest absolute Gasteiger partial charge is 0.328 e. The van der Waals surface area contributed by atoms with Gasteiger partial charge in [-0.1, -0.05) is 44.2 Å². The summed E-state index contributed by atoms with van der Waals surface area (Å²) in [6.45, 7) is 5.07. The molecule has 0 saturated heterocycles. The van der Waals surface area contributed by atoms with Crippen molar-refractivity contribution in [2.45, 2.75) is 64.5 Å². The zero-order chi connectivity index (χ0) is 24.7. The molecule has 10 heteroatoms. The minimum atomic E-state index is -3.78. The van der Waals surface area contributed by atoms with E-state index in [-0.39, 0.29) is 25.1 Å². The van der Waals surface area contributed by atoms with Gasteiger partial charge in [-0.05, 0) is 63.1 Å². The molecule has 1 unspecified atom stereocenters. The first kappa shape index (κ1) is 29.3. The van der Waals surface area contributed by atoms with E-state index in [0.717, 1.165) is 12.0 Å². The van der Waals surface area contributed by atoms with Crippen LogP contribution in [0.4, 0.5) is 0 Å². The lowest BCUT2D eigenvalue weighted by Crippen LogP contribution is -2.51. The van der Waals surface area contributed by atoms with Crippen molar-refractivity contribution in [3.8, 4) is 0 Å². The number of hydrogen-bond acceptors (Lipinski definition) is 6. The third kappa shape index (κ3) is 12.9. The number of nitrogens with one attached hydrogen (secondary N) is 2. The van der Waals surface area contributed by atoms with Gasteiger partial charge >= 0.3 is 5.97 Å². The van der Waals surface area contributed by atoms with Gasteiger partial charge in [0, 0.05) is 6.16 Å². The van der Waals surface area contributed by atoms with Crippen LogP contribution < -0.4 is 21.9 Å². The van der Waals surface area contributed by atoms with Crippen LogP contribution in [0.1, 0.15) is 51.5 Å². The molecule has 9 nitrogen and oxygen atoms in total. The standard InChI is InChI=1S/C23H41N4O5P/c1-18(2)16-21(23(29)32-14-8-6-12-24)26-22(28)20(17-19-10-4-3-5-11-19)27-33(30,31)15-9-7-13-25/h3-5,10-11,18,20-21H,6-9,12-17,24-25H2,1-2H3,(H,26,28)(H2,27,30,31)/t20-,21-/m0/s1. The summed E-state index contributed by atoms with van der Waals surface area (Å²) in [5, 5.41) is 5.40. The molecule has 1 aromatic carbocycles. The topological polar surface area (TPSA) is 157 Å². The number of ether oxygens (including phenoxy) is 1. The van der Waals surface area contributed by atoms with Gasteiger partial charge in [0.05, 0.1) is 12.6 Å². The van der Waals surface area contributed by atoms with Gasteiger partial charge in [-0.25, -0.2) is 9.88 Å². The lowest BCUT2D eigenvalue weighted by atomic mass is 10.0. The molecule has 0 fully saturated rings. The van der Waals surface area contributed by atoms with Crippen LogP contribution in [0.15, 0.2) is 30.3 Å². The minimum Gasteiger partial charge on any atom is -0.464 e. The van der Waals surface area contributed by atoms with Gasteiger partial charge in [0.25, 0.3) is 7.52 Å². The zero-order valence-corrected chi connectivity index (χ0v) is 20.8. The van der Waals surface area contributed by atoms with Gasteiger partial charge in [0.1, 0.15) is 6.04 Å². The maximum Gasteiger partial charge on any atom is 0.328 e. The van der Waals surface area contributed by atoms with E-state index in [4.69, 9.17) is 16.2 Å². The van der Waals surface area contributed by atoms with E-state index < -0.39 is 31.5 Å². The molecule has 0 heterocycles. The molecule has 0 radical (unpaired) electrons. The third-order valence-corrected chi connectivity index (χ3v) is 6.66. The summed E-state index contributed by atoms with van der Waals surface area (Å²) in [6, 6.07) is 7.39. The van der Waals surface area contributed by atoms with Gasteiger partial charge < -0.3 is 26.4 Å². The fourth-order valence-electron chi connectivity index (χ4n) is 3.30. The molecule has 3 atom stereocenters. The number of carbonyl (C=O) groups is 2. The molecule has 188 valence electrons. The van der Waals surface area contributed by atoms with Crippen LogP contribution in [-0.4, -0.2) is 54.7 Å². The predicted octanol–water partition coefficient (Wildman–Crippen LogP) is 1.92. The Morgan fingerprint density at radius 2 is 1.67 bits per heavy atom. The second-order valence-electron chi connectivity index (χ2n) is 8.65. The molecule has 0 aliphatic heterocycles. The van der Waals surface area contributed by atoms with E-state index in [1.54, 1.807) is 0 Å². The minimum absolute atomic E-state index is 0.0153. The van der Waals surface area contributed by atoms with Gasteiger partial charge in [-0.15, -0.1) is 0 Å². The van der Waals surface area contributed by atoms with Crippen molar-refractivity contribution >= 4 is 19.4 Å². The third-order valence-electron chi connectivity index (χ3n) is 5.02. The van der Waals surface area contributed by atoms with E-state index in [0.29, 0.717) is 38.8 Å².